The van der Waals surface area contributed by atoms with E-state index in [4.69, 9.17) is 0 Å². The van der Waals surface area contributed by atoms with E-state index in [9.17, 15) is 9.59 Å². The van der Waals surface area contributed by atoms with Crippen molar-refractivity contribution in [3.8, 4) is 0 Å². The number of amides is 2. The molecule has 30 heavy (non-hydrogen) atoms. The third-order valence-corrected chi connectivity index (χ3v) is 5.38. The molecule has 1 aliphatic heterocycles. The average Bonchev–Trinajstić information content (AvgIpc) is 3.09. The maximum absolute atomic E-state index is 13.1. The number of aromatic nitrogens is 2. The molecule has 2 amide bonds. The van der Waals surface area contributed by atoms with Gasteiger partial charge in [-0.1, -0.05) is 31.5 Å². The van der Waals surface area contributed by atoms with Gasteiger partial charge in [-0.05, 0) is 38.6 Å². The minimum atomic E-state index is -0.0571. The molecular formula is C22H32ClN5O2. The second-order valence-electron chi connectivity index (χ2n) is 7.66. The molecule has 0 radical (unpaired) electrons. The van der Waals surface area contributed by atoms with E-state index < -0.39 is 0 Å². The summed E-state index contributed by atoms with van der Waals surface area (Å²) in [6, 6.07) is 11.5. The van der Waals surface area contributed by atoms with Crippen LogP contribution in [0, 0.1) is 6.92 Å². The summed E-state index contributed by atoms with van der Waals surface area (Å²) in [6.45, 7) is 7.95. The zero-order chi connectivity index (χ0) is 20.8. The summed E-state index contributed by atoms with van der Waals surface area (Å²) in [6.07, 6.45) is 1.95. The van der Waals surface area contributed by atoms with Crippen molar-refractivity contribution in [1.29, 1.82) is 0 Å². The van der Waals surface area contributed by atoms with Crippen LogP contribution in [0.4, 0.5) is 5.69 Å². The number of carbonyl (C=O) groups is 2. The number of rotatable bonds is 7. The highest BCUT2D eigenvalue weighted by Gasteiger charge is 2.24. The maximum atomic E-state index is 13.1. The fraction of sp³-hybridized carbons (Fsp3) is 0.500. The van der Waals surface area contributed by atoms with Gasteiger partial charge in [0.15, 0.2) is 5.69 Å². The molecule has 8 heteroatoms. The molecule has 1 aliphatic rings. The van der Waals surface area contributed by atoms with Gasteiger partial charge in [-0.2, -0.15) is 5.10 Å². The van der Waals surface area contributed by atoms with Gasteiger partial charge in [-0.25, -0.2) is 0 Å². The van der Waals surface area contributed by atoms with Crippen molar-refractivity contribution < 1.29 is 9.59 Å². The lowest BCUT2D eigenvalue weighted by molar-refractivity contribution is -0.119. The fourth-order valence-corrected chi connectivity index (χ4v) is 3.48. The van der Waals surface area contributed by atoms with Gasteiger partial charge in [0.05, 0.1) is 0 Å². The van der Waals surface area contributed by atoms with Crippen LogP contribution in [0.2, 0.25) is 0 Å². The van der Waals surface area contributed by atoms with Gasteiger partial charge >= 0.3 is 0 Å². The molecule has 0 aliphatic carbocycles. The SMILES string of the molecule is CCCCN(C(=O)Cn1nc(C(=O)N2CCN(C)CC2)cc1C)c1ccccc1.Cl. The van der Waals surface area contributed by atoms with Crippen molar-refractivity contribution >= 4 is 29.9 Å². The number of likely N-dealkylation sites (N-methyl/N-ethyl adjacent to an activating group) is 1. The number of nitrogens with zero attached hydrogens (tertiary/aromatic N) is 5. The molecule has 2 aromatic rings. The van der Waals surface area contributed by atoms with Crippen LogP contribution in [0.25, 0.3) is 0 Å². The number of hydrogen-bond donors (Lipinski definition) is 0. The predicted octanol–water partition coefficient (Wildman–Crippen LogP) is 2.83. The Morgan fingerprint density at radius 1 is 1.10 bits per heavy atom. The molecule has 164 valence electrons. The molecule has 3 rings (SSSR count). The van der Waals surface area contributed by atoms with Crippen LogP contribution in [0.1, 0.15) is 35.9 Å². The van der Waals surface area contributed by atoms with Crippen molar-refractivity contribution in [2.75, 3.05) is 44.7 Å². The van der Waals surface area contributed by atoms with Crippen LogP contribution in [0.15, 0.2) is 36.4 Å². The summed E-state index contributed by atoms with van der Waals surface area (Å²) in [5.41, 5.74) is 2.13. The number of unbranched alkanes of at least 4 members (excludes halogenated alkanes) is 1. The lowest BCUT2D eigenvalue weighted by Crippen LogP contribution is -2.47. The molecule has 0 saturated carbocycles. The van der Waals surface area contributed by atoms with Crippen LogP contribution in [0.5, 0.6) is 0 Å². The van der Waals surface area contributed by atoms with Crippen molar-refractivity contribution in [2.45, 2.75) is 33.2 Å². The summed E-state index contributed by atoms with van der Waals surface area (Å²) >= 11 is 0. The van der Waals surface area contributed by atoms with E-state index in [1.165, 1.54) is 0 Å². The lowest BCUT2D eigenvalue weighted by Gasteiger charge is -2.31. The molecule has 0 bridgehead atoms. The molecule has 2 heterocycles. The normalized spacial score (nSPS) is 14.3. The molecule has 7 nitrogen and oxygen atoms in total. The van der Waals surface area contributed by atoms with Gasteiger partial charge < -0.3 is 14.7 Å². The summed E-state index contributed by atoms with van der Waals surface area (Å²) < 4.78 is 1.65. The third kappa shape index (κ3) is 5.83. The van der Waals surface area contributed by atoms with E-state index >= 15 is 0 Å². The van der Waals surface area contributed by atoms with E-state index in [0.717, 1.165) is 37.3 Å². The van der Waals surface area contributed by atoms with Crippen LogP contribution < -0.4 is 4.90 Å². The molecule has 0 spiro atoms. The number of carbonyl (C=O) groups excluding carboxylic acids is 2. The molecule has 0 atom stereocenters. The first-order chi connectivity index (χ1) is 14.0. The molecule has 1 aromatic heterocycles. The summed E-state index contributed by atoms with van der Waals surface area (Å²) in [4.78, 5) is 31.7. The minimum Gasteiger partial charge on any atom is -0.335 e. The van der Waals surface area contributed by atoms with Gasteiger partial charge in [0, 0.05) is 44.1 Å². The quantitative estimate of drug-likeness (QED) is 0.673. The van der Waals surface area contributed by atoms with Crippen LogP contribution >= 0.6 is 12.4 Å². The average molecular weight is 434 g/mol. The van der Waals surface area contributed by atoms with E-state index in [1.54, 1.807) is 10.7 Å². The minimum absolute atomic E-state index is 0. The van der Waals surface area contributed by atoms with Gasteiger partial charge in [0.2, 0.25) is 5.91 Å². The van der Waals surface area contributed by atoms with Gasteiger partial charge in [-0.3, -0.25) is 14.3 Å². The number of halogens is 1. The number of aryl methyl sites for hydroxylation is 1. The highest BCUT2D eigenvalue weighted by molar-refractivity contribution is 5.94. The largest absolute Gasteiger partial charge is 0.335 e. The number of anilines is 1. The number of para-hydroxylation sites is 1. The number of piperazine rings is 1. The van der Waals surface area contributed by atoms with E-state index in [0.29, 0.717) is 25.3 Å². The molecule has 1 aromatic carbocycles. The van der Waals surface area contributed by atoms with Crippen molar-refractivity contribution in [3.63, 3.8) is 0 Å². The fourth-order valence-electron chi connectivity index (χ4n) is 3.48. The van der Waals surface area contributed by atoms with Crippen LogP contribution in [0.3, 0.4) is 0 Å². The Balaban J connectivity index is 0.00000320. The molecular weight excluding hydrogens is 402 g/mol. The molecule has 0 N–H and O–H groups in total. The smallest absolute Gasteiger partial charge is 0.274 e. The Morgan fingerprint density at radius 2 is 1.77 bits per heavy atom. The lowest BCUT2D eigenvalue weighted by atomic mass is 10.2. The number of benzene rings is 1. The summed E-state index contributed by atoms with van der Waals surface area (Å²) in [5, 5.41) is 4.46. The second kappa shape index (κ2) is 11.1. The van der Waals surface area contributed by atoms with Gasteiger partial charge in [0.25, 0.3) is 5.91 Å². The molecule has 0 unspecified atom stereocenters. The first-order valence-electron chi connectivity index (χ1n) is 10.4. The monoisotopic (exact) mass is 433 g/mol. The summed E-state index contributed by atoms with van der Waals surface area (Å²) in [5.74, 6) is -0.0762. The molecule has 1 fully saturated rings. The van der Waals surface area contributed by atoms with E-state index in [2.05, 4.69) is 24.0 Å². The van der Waals surface area contributed by atoms with Crippen molar-refractivity contribution in [3.05, 3.63) is 47.8 Å². The van der Waals surface area contributed by atoms with Crippen molar-refractivity contribution in [1.82, 2.24) is 19.6 Å². The first kappa shape index (κ1) is 23.9. The topological polar surface area (TPSA) is 61.7 Å². The zero-order valence-electron chi connectivity index (χ0n) is 18.1. The molecule has 1 saturated heterocycles. The Bertz CT molecular complexity index is 831. The Morgan fingerprint density at radius 3 is 2.40 bits per heavy atom. The number of hydrogen-bond acceptors (Lipinski definition) is 4. The Kier molecular flexibility index (Phi) is 8.87. The first-order valence-corrected chi connectivity index (χ1v) is 10.4. The predicted molar refractivity (Wildman–Crippen MR) is 121 cm³/mol. The van der Waals surface area contributed by atoms with Gasteiger partial charge in [-0.15, -0.1) is 12.4 Å². The van der Waals surface area contributed by atoms with E-state index in [-0.39, 0.29) is 30.8 Å². The Labute approximate surface area is 185 Å². The third-order valence-electron chi connectivity index (χ3n) is 5.38. The standard InChI is InChI=1S/C22H31N5O2.ClH/c1-4-5-11-26(19-9-7-6-8-10-19)21(28)17-27-18(2)16-20(23-27)22(29)25-14-12-24(3)13-15-25;/h6-10,16H,4-5,11-15,17H2,1-3H3;1H. The zero-order valence-corrected chi connectivity index (χ0v) is 18.9. The highest BCUT2D eigenvalue weighted by Crippen LogP contribution is 2.16. The second-order valence-corrected chi connectivity index (χ2v) is 7.66. The Hall–Kier alpha value is -2.38. The van der Waals surface area contributed by atoms with E-state index in [1.807, 2.05) is 47.1 Å². The van der Waals surface area contributed by atoms with Crippen LogP contribution in [-0.4, -0.2) is 71.2 Å². The highest BCUT2D eigenvalue weighted by atomic mass is 35.5. The van der Waals surface area contributed by atoms with Gasteiger partial charge in [0.1, 0.15) is 6.54 Å². The maximum Gasteiger partial charge on any atom is 0.274 e. The summed E-state index contributed by atoms with van der Waals surface area (Å²) in [7, 11) is 2.06. The van der Waals surface area contributed by atoms with Crippen molar-refractivity contribution in [2.24, 2.45) is 0 Å². The van der Waals surface area contributed by atoms with Crippen LogP contribution in [-0.2, 0) is 11.3 Å².